The molecule has 2 aromatic rings. The second-order valence-electron chi connectivity index (χ2n) is 3.96. The van der Waals surface area contributed by atoms with E-state index < -0.39 is 0 Å². The highest BCUT2D eigenvalue weighted by atomic mass is 79.9. The molecule has 0 fully saturated rings. The van der Waals surface area contributed by atoms with Gasteiger partial charge < -0.3 is 5.32 Å². The molecule has 0 aliphatic carbocycles. The Labute approximate surface area is 113 Å². The normalized spacial score (nSPS) is 10.6. The Morgan fingerprint density at radius 2 is 2.22 bits per heavy atom. The van der Waals surface area contributed by atoms with Crippen molar-refractivity contribution in [1.29, 1.82) is 0 Å². The Hall–Kier alpha value is -1.63. The molecule has 0 saturated carbocycles. The van der Waals surface area contributed by atoms with E-state index in [0.717, 1.165) is 12.1 Å². The van der Waals surface area contributed by atoms with Gasteiger partial charge in [0.05, 0.1) is 17.6 Å². The van der Waals surface area contributed by atoms with E-state index >= 15 is 0 Å². The van der Waals surface area contributed by atoms with Gasteiger partial charge in [-0.3, -0.25) is 9.48 Å². The molecule has 2 aromatic heterocycles. The number of aryl methyl sites for hydroxylation is 2. The van der Waals surface area contributed by atoms with E-state index in [1.54, 1.807) is 17.9 Å². The van der Waals surface area contributed by atoms with Crippen LogP contribution in [0.15, 0.2) is 27.7 Å². The molecule has 2 heterocycles. The van der Waals surface area contributed by atoms with Gasteiger partial charge in [-0.1, -0.05) is 0 Å². The number of nitrogens with zero attached hydrogens (tertiary/aromatic N) is 4. The lowest BCUT2D eigenvalue weighted by molar-refractivity contribution is 0.702. The number of aromatic nitrogens is 4. The lowest BCUT2D eigenvalue weighted by Gasteiger charge is -2.07. The zero-order valence-corrected chi connectivity index (χ0v) is 11.8. The summed E-state index contributed by atoms with van der Waals surface area (Å²) in [6, 6.07) is 1.97. The number of hydrogen-bond donors (Lipinski definition) is 1. The van der Waals surface area contributed by atoms with Crippen molar-refractivity contribution in [1.82, 2.24) is 19.6 Å². The molecule has 0 spiro atoms. The molecular weight excluding hydrogens is 298 g/mol. The van der Waals surface area contributed by atoms with Gasteiger partial charge in [0, 0.05) is 33.3 Å². The quantitative estimate of drug-likeness (QED) is 0.912. The highest BCUT2D eigenvalue weighted by Gasteiger charge is 2.06. The van der Waals surface area contributed by atoms with Crippen molar-refractivity contribution in [2.75, 3.05) is 11.9 Å². The summed E-state index contributed by atoms with van der Waals surface area (Å²) in [5.41, 5.74) is 1.56. The number of nitrogens with one attached hydrogen (secondary N) is 1. The van der Waals surface area contributed by atoms with Gasteiger partial charge in [0.1, 0.15) is 4.47 Å². The van der Waals surface area contributed by atoms with Crippen LogP contribution >= 0.6 is 15.9 Å². The van der Waals surface area contributed by atoms with Gasteiger partial charge >= 0.3 is 0 Å². The van der Waals surface area contributed by atoms with E-state index in [-0.39, 0.29) is 5.56 Å². The van der Waals surface area contributed by atoms with Gasteiger partial charge in [0.15, 0.2) is 0 Å². The topological polar surface area (TPSA) is 64.7 Å². The Morgan fingerprint density at radius 1 is 1.44 bits per heavy atom. The Bertz CT molecular complexity index is 604. The zero-order valence-electron chi connectivity index (χ0n) is 10.2. The van der Waals surface area contributed by atoms with Crippen LogP contribution in [-0.2, 0) is 20.5 Å². The summed E-state index contributed by atoms with van der Waals surface area (Å²) >= 11 is 3.27. The van der Waals surface area contributed by atoms with E-state index in [1.807, 2.05) is 19.3 Å². The molecule has 1 N–H and O–H groups in total. The Kier molecular flexibility index (Phi) is 3.81. The molecule has 0 amide bonds. The summed E-state index contributed by atoms with van der Waals surface area (Å²) in [4.78, 5) is 11.6. The largest absolute Gasteiger partial charge is 0.382 e. The van der Waals surface area contributed by atoms with Crippen molar-refractivity contribution >= 4 is 21.6 Å². The molecule has 2 rings (SSSR count). The highest BCUT2D eigenvalue weighted by molar-refractivity contribution is 9.10. The summed E-state index contributed by atoms with van der Waals surface area (Å²) in [5.74, 6) is 0. The molecule has 18 heavy (non-hydrogen) atoms. The van der Waals surface area contributed by atoms with Crippen LogP contribution in [0.25, 0.3) is 0 Å². The van der Waals surface area contributed by atoms with Crippen LogP contribution in [0.1, 0.15) is 5.69 Å². The third-order valence-corrected chi connectivity index (χ3v) is 3.31. The van der Waals surface area contributed by atoms with Crippen molar-refractivity contribution in [2.24, 2.45) is 14.1 Å². The molecule has 0 bridgehead atoms. The van der Waals surface area contributed by atoms with Crippen molar-refractivity contribution in [3.63, 3.8) is 0 Å². The van der Waals surface area contributed by atoms with Crippen LogP contribution in [0.4, 0.5) is 5.69 Å². The first kappa shape index (κ1) is 12.8. The Balaban J connectivity index is 1.99. The van der Waals surface area contributed by atoms with Crippen LogP contribution < -0.4 is 10.9 Å². The predicted molar refractivity (Wildman–Crippen MR) is 72.6 cm³/mol. The molecule has 0 aromatic carbocycles. The second kappa shape index (κ2) is 5.34. The van der Waals surface area contributed by atoms with Gasteiger partial charge in [-0.2, -0.15) is 10.2 Å². The van der Waals surface area contributed by atoms with Crippen LogP contribution in [0.2, 0.25) is 0 Å². The molecule has 0 atom stereocenters. The second-order valence-corrected chi connectivity index (χ2v) is 4.75. The smallest absolute Gasteiger partial charge is 0.282 e. The average Bonchev–Trinajstić information content (AvgIpc) is 2.75. The molecule has 0 aliphatic rings. The van der Waals surface area contributed by atoms with Crippen molar-refractivity contribution in [3.8, 4) is 0 Å². The molecule has 0 saturated heterocycles. The third-order valence-electron chi connectivity index (χ3n) is 2.54. The number of anilines is 1. The molecule has 96 valence electrons. The van der Waals surface area contributed by atoms with Crippen molar-refractivity contribution in [3.05, 3.63) is 39.0 Å². The number of rotatable bonds is 4. The fourth-order valence-corrected chi connectivity index (χ4v) is 2.05. The Morgan fingerprint density at radius 3 is 2.89 bits per heavy atom. The lowest BCUT2D eigenvalue weighted by Crippen LogP contribution is -2.21. The summed E-state index contributed by atoms with van der Waals surface area (Å²) < 4.78 is 3.56. The number of halogens is 1. The third kappa shape index (κ3) is 2.79. The fraction of sp³-hybridized carbons (Fsp3) is 0.364. The summed E-state index contributed by atoms with van der Waals surface area (Å²) in [5, 5.41) is 11.4. The minimum absolute atomic E-state index is 0.155. The molecule has 0 radical (unpaired) electrons. The molecule has 7 heteroatoms. The van der Waals surface area contributed by atoms with Gasteiger partial charge in [0.2, 0.25) is 0 Å². The molecule has 6 nitrogen and oxygen atoms in total. The summed E-state index contributed by atoms with van der Waals surface area (Å²) in [7, 11) is 3.50. The summed E-state index contributed by atoms with van der Waals surface area (Å²) in [6.07, 6.45) is 4.33. The molecular formula is C11H14BrN5O. The molecule has 0 aliphatic heterocycles. The summed E-state index contributed by atoms with van der Waals surface area (Å²) in [6.45, 7) is 0.699. The van der Waals surface area contributed by atoms with Crippen LogP contribution in [0, 0.1) is 0 Å². The van der Waals surface area contributed by atoms with Crippen molar-refractivity contribution < 1.29 is 0 Å². The van der Waals surface area contributed by atoms with Crippen LogP contribution in [0.5, 0.6) is 0 Å². The van der Waals surface area contributed by atoms with E-state index in [4.69, 9.17) is 0 Å². The monoisotopic (exact) mass is 311 g/mol. The maximum Gasteiger partial charge on any atom is 0.282 e. The highest BCUT2D eigenvalue weighted by Crippen LogP contribution is 2.15. The van der Waals surface area contributed by atoms with Gasteiger partial charge in [-0.15, -0.1) is 0 Å². The first-order chi connectivity index (χ1) is 8.58. The van der Waals surface area contributed by atoms with Crippen LogP contribution in [-0.4, -0.2) is 26.1 Å². The van der Waals surface area contributed by atoms with Gasteiger partial charge in [-0.05, 0) is 22.0 Å². The minimum Gasteiger partial charge on any atom is -0.382 e. The lowest BCUT2D eigenvalue weighted by atomic mass is 10.3. The maximum absolute atomic E-state index is 11.6. The first-order valence-corrected chi connectivity index (χ1v) is 6.31. The minimum atomic E-state index is -0.155. The van der Waals surface area contributed by atoms with Gasteiger partial charge in [-0.25, -0.2) is 4.68 Å². The van der Waals surface area contributed by atoms with E-state index in [9.17, 15) is 4.79 Å². The SMILES string of the molecule is Cn1ccc(CCNc2cnn(C)c(=O)c2Br)n1. The van der Waals surface area contributed by atoms with E-state index in [0.29, 0.717) is 16.7 Å². The van der Waals surface area contributed by atoms with Crippen LogP contribution in [0.3, 0.4) is 0 Å². The predicted octanol–water partition coefficient (Wildman–Crippen LogP) is 0.931. The average molecular weight is 312 g/mol. The fourth-order valence-electron chi connectivity index (χ4n) is 1.56. The maximum atomic E-state index is 11.6. The van der Waals surface area contributed by atoms with Crippen molar-refractivity contribution in [2.45, 2.75) is 6.42 Å². The first-order valence-electron chi connectivity index (χ1n) is 5.52. The number of hydrogen-bond acceptors (Lipinski definition) is 4. The van der Waals surface area contributed by atoms with E-state index in [1.165, 1.54) is 4.68 Å². The van der Waals surface area contributed by atoms with Gasteiger partial charge in [0.25, 0.3) is 5.56 Å². The zero-order chi connectivity index (χ0) is 13.1. The molecule has 0 unspecified atom stereocenters. The van der Waals surface area contributed by atoms with E-state index in [2.05, 4.69) is 31.4 Å². The standard InChI is InChI=1S/C11H14BrN5O/c1-16-6-4-8(15-16)3-5-13-9-7-14-17(2)11(18)10(9)12/h4,6-7,13H,3,5H2,1-2H3.